The Bertz CT molecular complexity index is 785. The number of rotatable bonds is 2. The van der Waals surface area contributed by atoms with Crippen LogP contribution in [0.2, 0.25) is 0 Å². The minimum Gasteiger partial charge on any atom is -0.388 e. The zero-order valence-corrected chi connectivity index (χ0v) is 14.0. The van der Waals surface area contributed by atoms with Crippen molar-refractivity contribution in [3.05, 3.63) is 57.6 Å². The Morgan fingerprint density at radius 2 is 1.85 bits per heavy atom. The second-order valence-electron chi connectivity index (χ2n) is 4.48. The van der Waals surface area contributed by atoms with Gasteiger partial charge in [-0.15, -0.1) is 0 Å². The van der Waals surface area contributed by atoms with Crippen LogP contribution in [0.5, 0.6) is 0 Å². The summed E-state index contributed by atoms with van der Waals surface area (Å²) in [5.74, 6) is 0. The summed E-state index contributed by atoms with van der Waals surface area (Å²) in [6.45, 7) is 0. The maximum atomic E-state index is 4.58. The van der Waals surface area contributed by atoms with Gasteiger partial charge in [0, 0.05) is 44.4 Å². The van der Waals surface area contributed by atoms with Crippen LogP contribution < -0.4 is 5.32 Å². The first kappa shape index (κ1) is 13.6. The molecule has 0 spiro atoms. The summed E-state index contributed by atoms with van der Waals surface area (Å²) in [6, 6.07) is 14.5. The highest BCUT2D eigenvalue weighted by Crippen LogP contribution is 2.32. The normalized spacial score (nSPS) is 10.8. The van der Waals surface area contributed by atoms with Crippen LogP contribution in [-0.2, 0) is 0 Å². The number of fused-ring (bicyclic) bond motifs is 1. The number of aromatic nitrogens is 1. The van der Waals surface area contributed by atoms with Crippen molar-refractivity contribution in [1.29, 1.82) is 0 Å². The Labute approximate surface area is 134 Å². The smallest absolute Gasteiger partial charge is 0.0845 e. The van der Waals surface area contributed by atoms with Crippen molar-refractivity contribution in [2.45, 2.75) is 0 Å². The fourth-order valence-electron chi connectivity index (χ4n) is 2.27. The fourth-order valence-corrected chi connectivity index (χ4v) is 3.63. The van der Waals surface area contributed by atoms with Gasteiger partial charge in [0.15, 0.2) is 0 Å². The lowest BCUT2D eigenvalue weighted by molar-refractivity contribution is 1.39. The van der Waals surface area contributed by atoms with E-state index >= 15 is 0 Å². The van der Waals surface area contributed by atoms with Crippen LogP contribution in [0.4, 0.5) is 5.69 Å². The standard InChI is InChI=1S/C16H12Br2N2/c1-19-15-5-3-2-4-13(15)11-6-10-7-12(17)8-14(18)16(10)20-9-11/h2-9,19H,1H3. The molecule has 0 aliphatic rings. The number of hydrogen-bond acceptors (Lipinski definition) is 2. The molecular weight excluding hydrogens is 380 g/mol. The van der Waals surface area contributed by atoms with Gasteiger partial charge < -0.3 is 5.32 Å². The average molecular weight is 392 g/mol. The molecule has 1 aromatic heterocycles. The molecule has 20 heavy (non-hydrogen) atoms. The highest BCUT2D eigenvalue weighted by molar-refractivity contribution is 9.11. The molecule has 2 nitrogen and oxygen atoms in total. The van der Waals surface area contributed by atoms with Gasteiger partial charge in [0.1, 0.15) is 0 Å². The number of anilines is 1. The van der Waals surface area contributed by atoms with E-state index in [1.807, 2.05) is 31.4 Å². The van der Waals surface area contributed by atoms with Crippen molar-refractivity contribution in [1.82, 2.24) is 4.98 Å². The molecule has 1 heterocycles. The first-order chi connectivity index (χ1) is 9.69. The van der Waals surface area contributed by atoms with Crippen molar-refractivity contribution in [3.63, 3.8) is 0 Å². The van der Waals surface area contributed by atoms with Crippen molar-refractivity contribution in [2.24, 2.45) is 0 Å². The van der Waals surface area contributed by atoms with E-state index in [9.17, 15) is 0 Å². The van der Waals surface area contributed by atoms with E-state index in [1.165, 1.54) is 0 Å². The van der Waals surface area contributed by atoms with E-state index in [0.29, 0.717) is 0 Å². The van der Waals surface area contributed by atoms with Gasteiger partial charge in [0.05, 0.1) is 5.52 Å². The maximum absolute atomic E-state index is 4.58. The molecule has 0 saturated heterocycles. The first-order valence-corrected chi connectivity index (χ1v) is 7.79. The van der Waals surface area contributed by atoms with Gasteiger partial charge in [0.2, 0.25) is 0 Å². The molecule has 4 heteroatoms. The van der Waals surface area contributed by atoms with Crippen LogP contribution in [0, 0.1) is 0 Å². The van der Waals surface area contributed by atoms with E-state index < -0.39 is 0 Å². The second kappa shape index (κ2) is 5.54. The summed E-state index contributed by atoms with van der Waals surface area (Å²) in [4.78, 5) is 4.58. The topological polar surface area (TPSA) is 24.9 Å². The third-order valence-electron chi connectivity index (χ3n) is 3.21. The van der Waals surface area contributed by atoms with Gasteiger partial charge in [-0.25, -0.2) is 0 Å². The van der Waals surface area contributed by atoms with Gasteiger partial charge in [-0.3, -0.25) is 4.98 Å². The van der Waals surface area contributed by atoms with Crippen LogP contribution in [0.15, 0.2) is 57.6 Å². The number of halogens is 2. The largest absolute Gasteiger partial charge is 0.388 e. The van der Waals surface area contributed by atoms with E-state index in [4.69, 9.17) is 0 Å². The zero-order valence-electron chi connectivity index (χ0n) is 10.8. The van der Waals surface area contributed by atoms with Gasteiger partial charge in [-0.1, -0.05) is 34.1 Å². The van der Waals surface area contributed by atoms with E-state index in [0.717, 1.165) is 36.7 Å². The zero-order chi connectivity index (χ0) is 14.1. The molecular formula is C16H12Br2N2. The number of nitrogens with zero attached hydrogens (tertiary/aromatic N) is 1. The molecule has 3 rings (SSSR count). The molecule has 0 fully saturated rings. The minimum atomic E-state index is 0.971. The highest BCUT2D eigenvalue weighted by Gasteiger charge is 2.07. The van der Waals surface area contributed by atoms with Crippen LogP contribution in [0.3, 0.4) is 0 Å². The Hall–Kier alpha value is -1.39. The predicted molar refractivity (Wildman–Crippen MR) is 92.1 cm³/mol. The SMILES string of the molecule is CNc1ccccc1-c1cnc2c(Br)cc(Br)cc2c1. The van der Waals surface area contributed by atoms with Gasteiger partial charge in [0.25, 0.3) is 0 Å². The summed E-state index contributed by atoms with van der Waals surface area (Å²) in [5, 5.41) is 4.32. The molecule has 0 aliphatic carbocycles. The summed E-state index contributed by atoms with van der Waals surface area (Å²) >= 11 is 7.07. The molecule has 0 unspecified atom stereocenters. The monoisotopic (exact) mass is 390 g/mol. The first-order valence-electron chi connectivity index (χ1n) is 6.21. The summed E-state index contributed by atoms with van der Waals surface area (Å²) < 4.78 is 2.04. The minimum absolute atomic E-state index is 0.971. The molecule has 0 amide bonds. The summed E-state index contributed by atoms with van der Waals surface area (Å²) in [5.41, 5.74) is 4.33. The Morgan fingerprint density at radius 1 is 1.05 bits per heavy atom. The second-order valence-corrected chi connectivity index (χ2v) is 6.25. The summed E-state index contributed by atoms with van der Waals surface area (Å²) in [6.07, 6.45) is 1.91. The molecule has 0 atom stereocenters. The number of pyridine rings is 1. The van der Waals surface area contributed by atoms with Gasteiger partial charge >= 0.3 is 0 Å². The lowest BCUT2D eigenvalue weighted by atomic mass is 10.0. The Morgan fingerprint density at radius 3 is 2.65 bits per heavy atom. The molecule has 0 aliphatic heterocycles. The third-order valence-corrected chi connectivity index (χ3v) is 4.27. The van der Waals surface area contributed by atoms with E-state index in [-0.39, 0.29) is 0 Å². The quantitative estimate of drug-likeness (QED) is 0.626. The number of nitrogens with one attached hydrogen (secondary N) is 1. The molecule has 3 aromatic rings. The lowest BCUT2D eigenvalue weighted by Gasteiger charge is -2.10. The molecule has 0 saturated carbocycles. The maximum Gasteiger partial charge on any atom is 0.0845 e. The van der Waals surface area contributed by atoms with Crippen molar-refractivity contribution in [3.8, 4) is 11.1 Å². The van der Waals surface area contributed by atoms with Crippen molar-refractivity contribution >= 4 is 48.5 Å². The molecule has 2 aromatic carbocycles. The Kier molecular flexibility index (Phi) is 3.76. The predicted octanol–water partition coefficient (Wildman–Crippen LogP) is 5.47. The number of para-hydroxylation sites is 1. The van der Waals surface area contributed by atoms with Gasteiger partial charge in [-0.05, 0) is 40.2 Å². The lowest BCUT2D eigenvalue weighted by Crippen LogP contribution is -1.92. The molecule has 0 bridgehead atoms. The van der Waals surface area contributed by atoms with E-state index in [2.05, 4.69) is 66.4 Å². The molecule has 100 valence electrons. The van der Waals surface area contributed by atoms with Crippen LogP contribution in [0.1, 0.15) is 0 Å². The number of hydrogen-bond donors (Lipinski definition) is 1. The van der Waals surface area contributed by atoms with Crippen molar-refractivity contribution in [2.75, 3.05) is 12.4 Å². The molecule has 1 N–H and O–H groups in total. The van der Waals surface area contributed by atoms with Crippen molar-refractivity contribution < 1.29 is 0 Å². The average Bonchev–Trinajstić information content (AvgIpc) is 2.46. The fraction of sp³-hybridized carbons (Fsp3) is 0.0625. The van der Waals surface area contributed by atoms with Crippen LogP contribution in [0.25, 0.3) is 22.0 Å². The molecule has 0 radical (unpaired) electrons. The Balaban J connectivity index is 2.23. The number of benzene rings is 2. The van der Waals surface area contributed by atoms with Gasteiger partial charge in [-0.2, -0.15) is 0 Å². The third kappa shape index (κ3) is 2.45. The van der Waals surface area contributed by atoms with Crippen LogP contribution in [-0.4, -0.2) is 12.0 Å². The van der Waals surface area contributed by atoms with Crippen LogP contribution >= 0.6 is 31.9 Å². The van der Waals surface area contributed by atoms with E-state index in [1.54, 1.807) is 0 Å². The summed E-state index contributed by atoms with van der Waals surface area (Å²) in [7, 11) is 1.93. The highest BCUT2D eigenvalue weighted by atomic mass is 79.9.